The zero-order valence-corrected chi connectivity index (χ0v) is 16.1. The van der Waals surface area contributed by atoms with Crippen LogP contribution >= 0.6 is 0 Å². The summed E-state index contributed by atoms with van der Waals surface area (Å²) in [6.45, 7) is 1.88. The van der Waals surface area contributed by atoms with Crippen LogP contribution in [0, 0.1) is 41.4 Å². The van der Waals surface area contributed by atoms with Crippen LogP contribution in [0.1, 0.15) is 90.4 Å². The van der Waals surface area contributed by atoms with Gasteiger partial charge in [-0.05, 0) is 106 Å². The van der Waals surface area contributed by atoms with Crippen molar-refractivity contribution in [1.82, 2.24) is 0 Å². The van der Waals surface area contributed by atoms with Crippen molar-refractivity contribution in [3.05, 3.63) is 0 Å². The molecule has 0 nitrogen and oxygen atoms in total. The molecule has 4 saturated carbocycles. The van der Waals surface area contributed by atoms with E-state index in [4.69, 9.17) is 0 Å². The minimum absolute atomic E-state index is 0.0153. The molecule has 0 bridgehead atoms. The number of hydrogen-bond donors (Lipinski definition) is 0. The lowest BCUT2D eigenvalue weighted by atomic mass is 9.62. The predicted molar refractivity (Wildman–Crippen MR) is 99.9 cm³/mol. The van der Waals surface area contributed by atoms with Crippen LogP contribution in [0.4, 0.5) is 8.78 Å². The molecule has 0 aromatic rings. The third-order valence-electron chi connectivity index (χ3n) is 8.93. The van der Waals surface area contributed by atoms with Crippen molar-refractivity contribution >= 4 is 0 Å². The normalized spacial score (nSPS) is 49.6. The zero-order valence-electron chi connectivity index (χ0n) is 16.1. The Morgan fingerprint density at radius 3 is 1.36 bits per heavy atom. The van der Waals surface area contributed by atoms with Crippen LogP contribution in [-0.2, 0) is 0 Å². The maximum Gasteiger partial charge on any atom is 0.134 e. The Morgan fingerprint density at radius 2 is 0.920 bits per heavy atom. The van der Waals surface area contributed by atoms with E-state index in [1.807, 2.05) is 6.92 Å². The van der Waals surface area contributed by atoms with Crippen LogP contribution in [-0.4, -0.2) is 12.3 Å². The molecule has 0 heterocycles. The van der Waals surface area contributed by atoms with Crippen molar-refractivity contribution in [1.29, 1.82) is 0 Å². The Balaban J connectivity index is 1.23. The summed E-state index contributed by atoms with van der Waals surface area (Å²) in [5.41, 5.74) is 0. The highest BCUT2D eigenvalue weighted by Crippen LogP contribution is 2.49. The van der Waals surface area contributed by atoms with Gasteiger partial charge >= 0.3 is 0 Å². The molecule has 4 atom stereocenters. The number of alkyl halides is 2. The SMILES string of the molecule is CC1CCC(C2CCC(C3CCC(C4CCC4)CC3)CC2)C(F)C1F. The Morgan fingerprint density at radius 1 is 0.480 bits per heavy atom. The van der Waals surface area contributed by atoms with E-state index >= 15 is 0 Å². The van der Waals surface area contributed by atoms with Gasteiger partial charge in [0.25, 0.3) is 0 Å². The molecule has 0 saturated heterocycles. The zero-order chi connectivity index (χ0) is 17.4. The number of hydrogen-bond acceptors (Lipinski definition) is 0. The van der Waals surface area contributed by atoms with Gasteiger partial charge in [0.1, 0.15) is 12.3 Å². The first-order valence-electron chi connectivity index (χ1n) is 11.4. The van der Waals surface area contributed by atoms with Gasteiger partial charge in [0, 0.05) is 0 Å². The van der Waals surface area contributed by atoms with Gasteiger partial charge in [-0.15, -0.1) is 0 Å². The van der Waals surface area contributed by atoms with E-state index in [9.17, 15) is 8.78 Å². The second-order valence-electron chi connectivity index (χ2n) is 10.1. The van der Waals surface area contributed by atoms with Crippen molar-refractivity contribution in [3.63, 3.8) is 0 Å². The van der Waals surface area contributed by atoms with Gasteiger partial charge in [-0.1, -0.05) is 26.2 Å². The standard InChI is InChI=1S/C23H38F2/c1-15-5-14-21(23(25)22(15)24)20-12-10-19(11-13-20)18-8-6-17(7-9-18)16-3-2-4-16/h15-23H,2-14H2,1H3. The first-order chi connectivity index (χ1) is 12.1. The summed E-state index contributed by atoms with van der Waals surface area (Å²) < 4.78 is 28.6. The van der Waals surface area contributed by atoms with Crippen molar-refractivity contribution in [2.45, 2.75) is 103 Å². The Bertz CT molecular complexity index is 416. The summed E-state index contributed by atoms with van der Waals surface area (Å²) >= 11 is 0. The molecule has 0 aliphatic heterocycles. The molecule has 0 spiro atoms. The lowest BCUT2D eigenvalue weighted by molar-refractivity contribution is -0.0107. The fourth-order valence-electron chi connectivity index (χ4n) is 6.86. The van der Waals surface area contributed by atoms with Crippen molar-refractivity contribution < 1.29 is 8.78 Å². The van der Waals surface area contributed by atoms with E-state index < -0.39 is 12.3 Å². The highest BCUT2D eigenvalue weighted by atomic mass is 19.2. The highest BCUT2D eigenvalue weighted by Gasteiger charge is 2.43. The van der Waals surface area contributed by atoms with Gasteiger partial charge in [0.15, 0.2) is 0 Å². The Hall–Kier alpha value is -0.140. The second-order valence-corrected chi connectivity index (χ2v) is 10.1. The smallest absolute Gasteiger partial charge is 0.134 e. The lowest BCUT2D eigenvalue weighted by Crippen LogP contribution is -2.41. The third kappa shape index (κ3) is 3.79. The summed E-state index contributed by atoms with van der Waals surface area (Å²) in [6, 6.07) is 0. The monoisotopic (exact) mass is 352 g/mol. The first kappa shape index (κ1) is 18.2. The van der Waals surface area contributed by atoms with Gasteiger partial charge in [-0.2, -0.15) is 0 Å². The highest BCUT2D eigenvalue weighted by molar-refractivity contribution is 4.92. The van der Waals surface area contributed by atoms with Crippen molar-refractivity contribution in [3.8, 4) is 0 Å². The molecular formula is C23H38F2. The van der Waals surface area contributed by atoms with E-state index in [-0.39, 0.29) is 11.8 Å². The minimum atomic E-state index is -1.21. The number of rotatable bonds is 3. The van der Waals surface area contributed by atoms with Gasteiger partial charge in [0.05, 0.1) is 0 Å². The molecule has 0 amide bonds. The Labute approximate surface area is 153 Å². The summed E-state index contributed by atoms with van der Waals surface area (Å²) in [7, 11) is 0. The van der Waals surface area contributed by atoms with Crippen LogP contribution in [0.25, 0.3) is 0 Å². The summed E-state index contributed by atoms with van der Waals surface area (Å²) in [4.78, 5) is 0. The molecule has 4 aliphatic carbocycles. The fourth-order valence-corrected chi connectivity index (χ4v) is 6.86. The maximum absolute atomic E-state index is 14.5. The van der Waals surface area contributed by atoms with Gasteiger partial charge in [-0.25, -0.2) is 8.78 Å². The molecule has 4 unspecified atom stereocenters. The molecule has 4 aliphatic rings. The number of halogens is 2. The molecular weight excluding hydrogens is 314 g/mol. The average molecular weight is 353 g/mol. The van der Waals surface area contributed by atoms with E-state index in [0.717, 1.165) is 36.5 Å². The topological polar surface area (TPSA) is 0 Å². The second kappa shape index (κ2) is 7.85. The van der Waals surface area contributed by atoms with Crippen LogP contribution < -0.4 is 0 Å². The molecule has 4 fully saturated rings. The van der Waals surface area contributed by atoms with Crippen LogP contribution in [0.15, 0.2) is 0 Å². The van der Waals surface area contributed by atoms with Gasteiger partial charge < -0.3 is 0 Å². The molecule has 0 aromatic heterocycles. The van der Waals surface area contributed by atoms with E-state index in [0.29, 0.717) is 5.92 Å². The molecule has 2 heteroatoms. The molecule has 0 N–H and O–H groups in total. The molecule has 144 valence electrons. The summed E-state index contributed by atoms with van der Waals surface area (Å²) in [6.07, 6.45) is 14.7. The van der Waals surface area contributed by atoms with E-state index in [1.165, 1.54) is 70.6 Å². The van der Waals surface area contributed by atoms with Crippen LogP contribution in [0.5, 0.6) is 0 Å². The fraction of sp³-hybridized carbons (Fsp3) is 1.00. The minimum Gasteiger partial charge on any atom is -0.244 e. The first-order valence-corrected chi connectivity index (χ1v) is 11.4. The van der Waals surface area contributed by atoms with E-state index in [2.05, 4.69) is 0 Å². The van der Waals surface area contributed by atoms with Gasteiger partial charge in [0.2, 0.25) is 0 Å². The molecule has 25 heavy (non-hydrogen) atoms. The van der Waals surface area contributed by atoms with Gasteiger partial charge in [-0.3, -0.25) is 0 Å². The third-order valence-corrected chi connectivity index (χ3v) is 8.93. The Kier molecular flexibility index (Phi) is 5.72. The molecule has 0 aromatic carbocycles. The van der Waals surface area contributed by atoms with Crippen LogP contribution in [0.3, 0.4) is 0 Å². The maximum atomic E-state index is 14.5. The van der Waals surface area contributed by atoms with E-state index in [1.54, 1.807) is 0 Å². The predicted octanol–water partition coefficient (Wildman–Crippen LogP) is 7.12. The summed E-state index contributed by atoms with van der Waals surface area (Å²) in [5, 5.41) is 0. The summed E-state index contributed by atoms with van der Waals surface area (Å²) in [5.74, 6) is 4.34. The lowest BCUT2D eigenvalue weighted by Gasteiger charge is -2.44. The van der Waals surface area contributed by atoms with Crippen LogP contribution in [0.2, 0.25) is 0 Å². The largest absolute Gasteiger partial charge is 0.244 e. The van der Waals surface area contributed by atoms with Crippen molar-refractivity contribution in [2.24, 2.45) is 41.4 Å². The van der Waals surface area contributed by atoms with Crippen molar-refractivity contribution in [2.75, 3.05) is 0 Å². The molecule has 4 rings (SSSR count). The quantitative estimate of drug-likeness (QED) is 0.507. The molecule has 0 radical (unpaired) electrons. The average Bonchev–Trinajstić information content (AvgIpc) is 2.59.